The minimum absolute atomic E-state index is 0.0590. The Morgan fingerprint density at radius 3 is 2.58 bits per heavy atom. The number of amides is 1. The van der Waals surface area contributed by atoms with E-state index in [0.29, 0.717) is 5.69 Å². The zero-order valence-electron chi connectivity index (χ0n) is 11.3. The van der Waals surface area contributed by atoms with Crippen molar-refractivity contribution in [3.05, 3.63) is 24.0 Å². The molecule has 1 aromatic carbocycles. The number of nitrogen functional groups attached to an aromatic ring is 1. The summed E-state index contributed by atoms with van der Waals surface area (Å²) >= 11 is 0. The Bertz CT molecular complexity index is 492. The average molecular weight is 286 g/mol. The molecular weight excluding hydrogens is 267 g/mol. The van der Waals surface area contributed by atoms with Gasteiger partial charge >= 0.3 is 0 Å². The minimum atomic E-state index is -1.24. The summed E-state index contributed by atoms with van der Waals surface area (Å²) < 4.78 is 24.7. The highest BCUT2D eigenvalue weighted by atomic mass is 32.2. The summed E-state index contributed by atoms with van der Waals surface area (Å²) in [6, 6.07) is 3.72. The highest BCUT2D eigenvalue weighted by molar-refractivity contribution is 7.86. The number of hydrogen-bond acceptors (Lipinski definition) is 3. The third-order valence-electron chi connectivity index (χ3n) is 2.91. The Morgan fingerprint density at radius 1 is 1.42 bits per heavy atom. The van der Waals surface area contributed by atoms with Crippen LogP contribution < -0.4 is 11.1 Å². The number of benzene rings is 1. The van der Waals surface area contributed by atoms with Crippen LogP contribution in [0.2, 0.25) is 0 Å². The monoisotopic (exact) mass is 286 g/mol. The lowest BCUT2D eigenvalue weighted by Gasteiger charge is -2.15. The Labute approximate surface area is 115 Å². The maximum Gasteiger partial charge on any atom is 0.237 e. The van der Waals surface area contributed by atoms with Gasteiger partial charge in [0.15, 0.2) is 0 Å². The Hall–Kier alpha value is -1.43. The van der Waals surface area contributed by atoms with Crippen molar-refractivity contribution in [3.63, 3.8) is 0 Å². The number of carbonyl (C=O) groups is 1. The van der Waals surface area contributed by atoms with Crippen molar-refractivity contribution in [2.45, 2.75) is 26.0 Å². The smallest absolute Gasteiger partial charge is 0.237 e. The van der Waals surface area contributed by atoms with Crippen molar-refractivity contribution in [2.24, 2.45) is 5.92 Å². The lowest BCUT2D eigenvalue weighted by Crippen LogP contribution is -2.27. The molecule has 0 aliphatic carbocycles. The van der Waals surface area contributed by atoms with Crippen LogP contribution in [0.1, 0.15) is 20.8 Å². The second-order valence-electron chi connectivity index (χ2n) is 4.75. The molecule has 0 heterocycles. The second-order valence-corrected chi connectivity index (χ2v) is 6.55. The molecule has 0 radical (unpaired) electrons. The van der Waals surface area contributed by atoms with Gasteiger partial charge in [-0.25, -0.2) is 4.39 Å². The summed E-state index contributed by atoms with van der Waals surface area (Å²) in [4.78, 5) is 11.7. The van der Waals surface area contributed by atoms with Gasteiger partial charge in [0.2, 0.25) is 5.91 Å². The van der Waals surface area contributed by atoms with E-state index in [-0.39, 0.29) is 28.5 Å². The van der Waals surface area contributed by atoms with Crippen LogP contribution in [0.5, 0.6) is 0 Å². The molecule has 0 bridgehead atoms. The number of carbonyl (C=O) groups excluding carboxylic acids is 1. The number of nitrogens with one attached hydrogen (secondary N) is 1. The van der Waals surface area contributed by atoms with Crippen LogP contribution in [0.15, 0.2) is 18.2 Å². The van der Waals surface area contributed by atoms with E-state index in [2.05, 4.69) is 5.32 Å². The second kappa shape index (κ2) is 6.65. The van der Waals surface area contributed by atoms with Crippen LogP contribution >= 0.6 is 0 Å². The summed E-state index contributed by atoms with van der Waals surface area (Å²) in [6.07, 6.45) is 0. The Morgan fingerprint density at radius 2 is 2.05 bits per heavy atom. The molecule has 4 nitrogen and oxygen atoms in total. The maximum atomic E-state index is 12.8. The van der Waals surface area contributed by atoms with Gasteiger partial charge < -0.3 is 11.1 Å². The van der Waals surface area contributed by atoms with E-state index in [9.17, 15) is 13.4 Å². The summed E-state index contributed by atoms with van der Waals surface area (Å²) in [7, 11) is -1.24. The van der Waals surface area contributed by atoms with Crippen LogP contribution in [0.25, 0.3) is 0 Å². The number of rotatable bonds is 5. The first-order valence-corrected chi connectivity index (χ1v) is 7.41. The SMILES string of the molecule is CC(C)C(C)S(=O)CC(=O)Nc1ccc(F)cc1N. The van der Waals surface area contributed by atoms with Gasteiger partial charge in [0.1, 0.15) is 11.6 Å². The molecule has 1 amide bonds. The molecule has 0 aromatic heterocycles. The van der Waals surface area contributed by atoms with Crippen molar-refractivity contribution < 1.29 is 13.4 Å². The molecule has 0 aliphatic heterocycles. The lowest BCUT2D eigenvalue weighted by atomic mass is 10.2. The van der Waals surface area contributed by atoms with Gasteiger partial charge in [0.05, 0.1) is 11.4 Å². The minimum Gasteiger partial charge on any atom is -0.397 e. The largest absolute Gasteiger partial charge is 0.397 e. The van der Waals surface area contributed by atoms with Gasteiger partial charge in [-0.15, -0.1) is 0 Å². The molecule has 1 aromatic rings. The standard InChI is InChI=1S/C13H19FN2O2S/c1-8(2)9(3)19(18)7-13(17)16-12-5-4-10(14)6-11(12)15/h4-6,8-9H,7,15H2,1-3H3,(H,16,17). The van der Waals surface area contributed by atoms with Crippen molar-refractivity contribution in [1.82, 2.24) is 0 Å². The van der Waals surface area contributed by atoms with Gasteiger partial charge in [-0.05, 0) is 24.1 Å². The van der Waals surface area contributed by atoms with Gasteiger partial charge in [0, 0.05) is 16.0 Å². The van der Waals surface area contributed by atoms with E-state index in [4.69, 9.17) is 5.73 Å². The maximum absolute atomic E-state index is 12.8. The third kappa shape index (κ3) is 4.63. The zero-order valence-corrected chi connectivity index (χ0v) is 12.1. The molecule has 0 aliphatic rings. The predicted octanol–water partition coefficient (Wildman–Crippen LogP) is 2.14. The highest BCUT2D eigenvalue weighted by Crippen LogP contribution is 2.19. The van der Waals surface area contributed by atoms with E-state index in [0.717, 1.165) is 6.07 Å². The molecule has 0 spiro atoms. The van der Waals surface area contributed by atoms with Gasteiger partial charge in [-0.1, -0.05) is 20.8 Å². The molecule has 2 unspecified atom stereocenters. The number of anilines is 2. The average Bonchev–Trinajstić information content (AvgIpc) is 2.31. The third-order valence-corrected chi connectivity index (χ3v) is 4.83. The topological polar surface area (TPSA) is 72.2 Å². The van der Waals surface area contributed by atoms with Crippen molar-refractivity contribution in [1.29, 1.82) is 0 Å². The zero-order chi connectivity index (χ0) is 14.6. The predicted molar refractivity (Wildman–Crippen MR) is 76.8 cm³/mol. The number of hydrogen-bond donors (Lipinski definition) is 2. The summed E-state index contributed by atoms with van der Waals surface area (Å²) in [5.41, 5.74) is 6.06. The van der Waals surface area contributed by atoms with Crippen LogP contribution in [0.3, 0.4) is 0 Å². The van der Waals surface area contributed by atoms with Crippen molar-refractivity contribution >= 4 is 28.1 Å². The van der Waals surface area contributed by atoms with Crippen molar-refractivity contribution in [2.75, 3.05) is 16.8 Å². The Kier molecular flexibility index (Phi) is 5.47. The van der Waals surface area contributed by atoms with E-state index >= 15 is 0 Å². The quantitative estimate of drug-likeness (QED) is 0.815. The van der Waals surface area contributed by atoms with E-state index in [1.165, 1.54) is 12.1 Å². The molecule has 2 atom stereocenters. The number of nitrogens with two attached hydrogens (primary N) is 1. The number of halogens is 1. The van der Waals surface area contributed by atoms with E-state index in [1.54, 1.807) is 0 Å². The first-order valence-electron chi connectivity index (χ1n) is 6.03. The lowest BCUT2D eigenvalue weighted by molar-refractivity contribution is -0.113. The highest BCUT2D eigenvalue weighted by Gasteiger charge is 2.18. The van der Waals surface area contributed by atoms with E-state index < -0.39 is 16.6 Å². The first-order chi connectivity index (χ1) is 8.81. The molecule has 1 rings (SSSR count). The fourth-order valence-electron chi connectivity index (χ4n) is 1.40. The molecule has 6 heteroatoms. The van der Waals surface area contributed by atoms with E-state index in [1.807, 2.05) is 20.8 Å². The normalized spacial score (nSPS) is 14.2. The Balaban J connectivity index is 2.63. The summed E-state index contributed by atoms with van der Waals surface area (Å²) in [5.74, 6) is -0.697. The molecule has 0 saturated heterocycles. The molecule has 0 fully saturated rings. The fourth-order valence-corrected chi connectivity index (χ4v) is 2.60. The van der Waals surface area contributed by atoms with Crippen molar-refractivity contribution in [3.8, 4) is 0 Å². The summed E-state index contributed by atoms with van der Waals surface area (Å²) in [5, 5.41) is 2.48. The summed E-state index contributed by atoms with van der Waals surface area (Å²) in [6.45, 7) is 5.76. The van der Waals surface area contributed by atoms with Crippen LogP contribution in [0.4, 0.5) is 15.8 Å². The first kappa shape index (κ1) is 15.6. The molecule has 19 heavy (non-hydrogen) atoms. The molecular formula is C13H19FN2O2S. The van der Waals surface area contributed by atoms with Crippen LogP contribution in [-0.2, 0) is 15.6 Å². The van der Waals surface area contributed by atoms with Gasteiger partial charge in [-0.2, -0.15) is 0 Å². The van der Waals surface area contributed by atoms with Crippen LogP contribution in [0, 0.1) is 11.7 Å². The molecule has 106 valence electrons. The molecule has 3 N–H and O–H groups in total. The molecule has 0 saturated carbocycles. The van der Waals surface area contributed by atoms with Crippen LogP contribution in [-0.4, -0.2) is 21.1 Å². The van der Waals surface area contributed by atoms with Gasteiger partial charge in [0.25, 0.3) is 0 Å². The fraction of sp³-hybridized carbons (Fsp3) is 0.462. The van der Waals surface area contributed by atoms with Gasteiger partial charge in [-0.3, -0.25) is 9.00 Å².